The van der Waals surface area contributed by atoms with Crippen LogP contribution in [-0.4, -0.2) is 163 Å². The molecule has 20 nitrogen and oxygen atoms in total. The molecule has 82 heavy (non-hydrogen) atoms. The molecular weight excluding hydrogens is 1100 g/mol. The summed E-state index contributed by atoms with van der Waals surface area (Å²) in [4.78, 5) is 122. The third kappa shape index (κ3) is 18.4. The molecule has 5 rings (SSSR count). The maximum Gasteiger partial charge on any atom is 0.329 e. The van der Waals surface area contributed by atoms with Gasteiger partial charge in [0.05, 0.1) is 19.3 Å². The lowest BCUT2D eigenvalue weighted by atomic mass is 9.99. The first-order chi connectivity index (χ1) is 38.5. The summed E-state index contributed by atoms with van der Waals surface area (Å²) in [6, 6.07) is 12.5. The first-order valence-electron chi connectivity index (χ1n) is 27.9. The summed E-state index contributed by atoms with van der Waals surface area (Å²) in [6.45, 7) is 18.2. The second-order valence-corrected chi connectivity index (χ2v) is 23.9. The van der Waals surface area contributed by atoms with E-state index in [9.17, 15) is 38.4 Å². The molecule has 0 spiro atoms. The van der Waals surface area contributed by atoms with Gasteiger partial charge >= 0.3 is 23.9 Å². The Balaban J connectivity index is 1.59. The monoisotopic (exact) mass is 1180 g/mol. The van der Waals surface area contributed by atoms with Gasteiger partial charge in [-0.25, -0.2) is 23.9 Å². The number of amides is 4. The molecular formula is C60H82Cl2N8O12. The number of likely N-dealkylation sites (N-methyl/N-ethyl adjacent to an activating group) is 4. The summed E-state index contributed by atoms with van der Waals surface area (Å²) in [5.74, 6) is -7.60. The number of esters is 4. The van der Waals surface area contributed by atoms with Crippen LogP contribution in [0.1, 0.15) is 117 Å². The predicted octanol–water partition coefficient (Wildman–Crippen LogP) is 7.46. The first-order valence-corrected chi connectivity index (χ1v) is 28.7. The molecule has 3 heterocycles. The number of carbonyl (C=O) groups is 8. The summed E-state index contributed by atoms with van der Waals surface area (Å²) < 4.78 is 27.4. The van der Waals surface area contributed by atoms with Gasteiger partial charge in [-0.2, -0.15) is 10.2 Å². The van der Waals surface area contributed by atoms with E-state index in [4.69, 9.17) is 42.1 Å². The van der Waals surface area contributed by atoms with E-state index in [1.165, 1.54) is 42.0 Å². The van der Waals surface area contributed by atoms with Gasteiger partial charge in [-0.1, -0.05) is 127 Å². The summed E-state index contributed by atoms with van der Waals surface area (Å²) in [6.07, 6.45) is -2.83. The van der Waals surface area contributed by atoms with E-state index in [0.29, 0.717) is 34.5 Å². The molecule has 4 aromatic rings. The number of halogens is 2. The molecule has 8 atom stereocenters. The van der Waals surface area contributed by atoms with Crippen LogP contribution in [-0.2, 0) is 83.2 Å². The average molecular weight is 1180 g/mol. The molecule has 0 unspecified atom stereocenters. The second-order valence-electron chi connectivity index (χ2n) is 23.1. The van der Waals surface area contributed by atoms with Crippen molar-refractivity contribution in [2.24, 2.45) is 23.7 Å². The molecule has 0 N–H and O–H groups in total. The van der Waals surface area contributed by atoms with Crippen LogP contribution >= 0.6 is 23.2 Å². The summed E-state index contributed by atoms with van der Waals surface area (Å²) in [5.41, 5.74) is 2.87. The number of nitrogens with zero attached hydrogens (tertiary/aromatic N) is 8. The number of ether oxygens (including phenoxy) is 4. The van der Waals surface area contributed by atoms with Gasteiger partial charge < -0.3 is 38.5 Å². The molecule has 2 aromatic carbocycles. The van der Waals surface area contributed by atoms with Crippen molar-refractivity contribution in [3.8, 4) is 0 Å². The Morgan fingerprint density at radius 1 is 0.451 bits per heavy atom. The molecule has 0 aliphatic carbocycles. The molecule has 2 aromatic heterocycles. The van der Waals surface area contributed by atoms with E-state index >= 15 is 0 Å². The van der Waals surface area contributed by atoms with E-state index < -0.39 is 96.1 Å². The van der Waals surface area contributed by atoms with Gasteiger partial charge in [0.1, 0.15) is 29.3 Å². The zero-order valence-electron chi connectivity index (χ0n) is 49.7. The fraction of sp³-hybridized carbons (Fsp3) is 0.567. The SMILES string of the molecule is CC(C)C[C@H]1C(=O)O[C@H](Cc2ccc(Cn3nccc3Cl)cc2)C(=O)N(C)[C@@H](CC(C)C)C(=O)O[C@H](C)C(=O)N(C)[C@@H](CC(C)C)C(=O)O[C@H](Cc2ccc(Cn3ccc(Cl)n3)cc2)C(=O)N(C)[C@@H](CC(C)C)C(=O)O[C@H](C)C(=O)N1C. The van der Waals surface area contributed by atoms with Gasteiger partial charge in [0.25, 0.3) is 23.6 Å². The van der Waals surface area contributed by atoms with Gasteiger partial charge in [0, 0.05) is 47.2 Å². The third-order valence-electron chi connectivity index (χ3n) is 14.3. The molecule has 1 fully saturated rings. The first kappa shape index (κ1) is 66.0. The molecule has 0 radical (unpaired) electrons. The largest absolute Gasteiger partial charge is 0.451 e. The number of hydrogen-bond acceptors (Lipinski definition) is 14. The minimum absolute atomic E-state index is 0.0686. The number of aromatic nitrogens is 4. The van der Waals surface area contributed by atoms with Crippen LogP contribution < -0.4 is 0 Å². The normalized spacial score (nSPS) is 23.0. The lowest BCUT2D eigenvalue weighted by Gasteiger charge is -2.35. The average Bonchev–Trinajstić information content (AvgIpc) is 4.20. The highest BCUT2D eigenvalue weighted by Gasteiger charge is 2.43. The Labute approximate surface area is 492 Å². The standard InChI is InChI=1S/C60H82Cl2N8O12/c1-35(2)27-45-57(75)79-40(10)54(72)66(12)48(30-38(7)8)60(78)82-50(32-42-17-21-44(22-18-42)34-70-52(62)23-25-63-70)56(74)68(14)46(28-36(3)4)58(76)80-39(9)53(71)65(11)47(29-37(5)6)59(77)81-49(55(73)67(45)13)31-41-15-19-43(20-16-41)33-69-26-24-51(61)64-69/h15-26,35-40,45-50H,27-34H2,1-14H3/t39-,40-,45+,46+,47+,48+,49-,50-/m1/s1. The molecule has 448 valence electrons. The number of rotatable bonds is 16. The van der Waals surface area contributed by atoms with Gasteiger partial charge in [0.2, 0.25) is 0 Å². The van der Waals surface area contributed by atoms with Crippen molar-refractivity contribution in [1.82, 2.24) is 39.2 Å². The van der Waals surface area contributed by atoms with E-state index in [2.05, 4.69) is 10.2 Å². The van der Waals surface area contributed by atoms with Crippen LogP contribution in [0.3, 0.4) is 0 Å². The summed E-state index contributed by atoms with van der Waals surface area (Å²) in [5, 5.41) is 9.25. The maximum atomic E-state index is 15.0. The van der Waals surface area contributed by atoms with Crippen molar-refractivity contribution in [2.45, 2.75) is 169 Å². The third-order valence-corrected chi connectivity index (χ3v) is 14.8. The Morgan fingerprint density at radius 2 is 0.780 bits per heavy atom. The predicted molar refractivity (Wildman–Crippen MR) is 308 cm³/mol. The number of hydrogen-bond donors (Lipinski definition) is 0. The van der Waals surface area contributed by atoms with Crippen molar-refractivity contribution in [3.63, 3.8) is 0 Å². The molecule has 0 saturated carbocycles. The molecule has 1 aliphatic rings. The van der Waals surface area contributed by atoms with E-state index in [1.807, 2.05) is 79.7 Å². The van der Waals surface area contributed by atoms with Crippen molar-refractivity contribution in [1.29, 1.82) is 0 Å². The van der Waals surface area contributed by atoms with Crippen LogP contribution in [0.15, 0.2) is 73.1 Å². The highest BCUT2D eigenvalue weighted by Crippen LogP contribution is 2.25. The van der Waals surface area contributed by atoms with Crippen molar-refractivity contribution >= 4 is 70.7 Å². The highest BCUT2D eigenvalue weighted by molar-refractivity contribution is 6.29. The van der Waals surface area contributed by atoms with E-state index in [0.717, 1.165) is 30.7 Å². The smallest absolute Gasteiger partial charge is 0.329 e. The molecule has 4 amide bonds. The van der Waals surface area contributed by atoms with Gasteiger partial charge in [0.15, 0.2) is 29.6 Å². The minimum atomic E-state index is -1.56. The van der Waals surface area contributed by atoms with Crippen LogP contribution in [0, 0.1) is 23.7 Å². The van der Waals surface area contributed by atoms with Crippen molar-refractivity contribution in [2.75, 3.05) is 28.2 Å². The fourth-order valence-corrected chi connectivity index (χ4v) is 10.0. The zero-order valence-corrected chi connectivity index (χ0v) is 51.3. The Morgan fingerprint density at radius 3 is 1.10 bits per heavy atom. The number of cyclic esters (lactones) is 4. The lowest BCUT2D eigenvalue weighted by Crippen LogP contribution is -2.55. The van der Waals surface area contributed by atoms with Gasteiger partial charge in [-0.3, -0.25) is 23.9 Å². The van der Waals surface area contributed by atoms with Crippen LogP contribution in [0.25, 0.3) is 0 Å². The van der Waals surface area contributed by atoms with Crippen molar-refractivity contribution in [3.05, 3.63) is 106 Å². The van der Waals surface area contributed by atoms with E-state index in [1.54, 1.807) is 58.2 Å². The Kier molecular flexibility index (Phi) is 24.1. The molecule has 1 aliphatic heterocycles. The number of benzene rings is 2. The fourth-order valence-electron chi connectivity index (χ4n) is 9.69. The van der Waals surface area contributed by atoms with Crippen molar-refractivity contribution < 1.29 is 57.3 Å². The Hall–Kier alpha value is -6.80. The maximum absolute atomic E-state index is 15.0. The number of carbonyl (C=O) groups excluding carboxylic acids is 8. The summed E-state index contributed by atoms with van der Waals surface area (Å²) in [7, 11) is 5.52. The minimum Gasteiger partial charge on any atom is -0.451 e. The second kappa shape index (κ2) is 30.0. The highest BCUT2D eigenvalue weighted by atomic mass is 35.5. The summed E-state index contributed by atoms with van der Waals surface area (Å²) >= 11 is 12.3. The molecule has 22 heteroatoms. The lowest BCUT2D eigenvalue weighted by molar-refractivity contribution is -0.176. The molecule has 1 saturated heterocycles. The van der Waals surface area contributed by atoms with Crippen LogP contribution in [0.4, 0.5) is 0 Å². The topological polar surface area (TPSA) is 222 Å². The van der Waals surface area contributed by atoms with Crippen LogP contribution in [0.2, 0.25) is 10.3 Å². The molecule has 0 bridgehead atoms. The zero-order chi connectivity index (χ0) is 60.9. The van der Waals surface area contributed by atoms with Gasteiger partial charge in [-0.05, 0) is 97.6 Å². The Bertz CT molecular complexity index is 2820. The van der Waals surface area contributed by atoms with Crippen LogP contribution in [0.5, 0.6) is 0 Å². The van der Waals surface area contributed by atoms with E-state index in [-0.39, 0.29) is 62.2 Å². The van der Waals surface area contributed by atoms with Gasteiger partial charge in [-0.15, -0.1) is 0 Å². The quantitative estimate of drug-likeness (QED) is 0.0785.